The van der Waals surface area contributed by atoms with Gasteiger partial charge in [-0.25, -0.2) is 4.98 Å². The first-order valence-corrected chi connectivity index (χ1v) is 6.52. The molecule has 80 valence electrons. The highest BCUT2D eigenvalue weighted by atomic mass is 32.2. The number of hydrogen-bond acceptors (Lipinski definition) is 5. The highest BCUT2D eigenvalue weighted by molar-refractivity contribution is 8.00. The zero-order valence-electron chi connectivity index (χ0n) is 8.17. The average molecular weight is 240 g/mol. The van der Waals surface area contributed by atoms with Crippen molar-refractivity contribution in [2.24, 2.45) is 0 Å². The van der Waals surface area contributed by atoms with E-state index in [1.165, 1.54) is 0 Å². The van der Waals surface area contributed by atoms with Crippen LogP contribution in [-0.4, -0.2) is 20.5 Å². The second kappa shape index (κ2) is 5.18. The Morgan fingerprint density at radius 2 is 2.47 bits per heavy atom. The van der Waals surface area contributed by atoms with Crippen LogP contribution in [0.2, 0.25) is 0 Å². The summed E-state index contributed by atoms with van der Waals surface area (Å²) in [5.74, 6) is 1.65. The molecule has 0 saturated carbocycles. The number of nitrogen functional groups attached to an aromatic ring is 1. The van der Waals surface area contributed by atoms with Crippen molar-refractivity contribution >= 4 is 28.9 Å². The van der Waals surface area contributed by atoms with Crippen LogP contribution in [0, 0.1) is 0 Å². The summed E-state index contributed by atoms with van der Waals surface area (Å²) in [5, 5.41) is 6.11. The Hall–Kier alpha value is -1.01. The number of rotatable bonds is 5. The van der Waals surface area contributed by atoms with Gasteiger partial charge < -0.3 is 5.73 Å². The molecule has 2 heterocycles. The number of hydrogen-bond donors (Lipinski definition) is 1. The fourth-order valence-corrected chi connectivity index (χ4v) is 2.80. The van der Waals surface area contributed by atoms with E-state index in [9.17, 15) is 0 Å². The van der Waals surface area contributed by atoms with E-state index in [-0.39, 0.29) is 0 Å². The van der Waals surface area contributed by atoms with Crippen LogP contribution in [0.5, 0.6) is 0 Å². The summed E-state index contributed by atoms with van der Waals surface area (Å²) >= 11 is 3.47. The molecular weight excluding hydrogens is 228 g/mol. The van der Waals surface area contributed by atoms with Gasteiger partial charge in [-0.05, 0) is 12.5 Å². The third kappa shape index (κ3) is 3.24. The molecule has 15 heavy (non-hydrogen) atoms. The summed E-state index contributed by atoms with van der Waals surface area (Å²) in [6, 6.07) is 1.81. The molecule has 0 fully saturated rings. The molecular formula is C9H12N4S2. The molecule has 0 aliphatic heterocycles. The number of nitrogens with zero attached hydrogens (tertiary/aromatic N) is 3. The SMILES string of the molecule is Nc1ccn(CCCSc2nccs2)n1. The predicted molar refractivity (Wildman–Crippen MR) is 64.1 cm³/mol. The molecule has 0 radical (unpaired) electrons. The maximum absolute atomic E-state index is 5.51. The number of aromatic nitrogens is 3. The van der Waals surface area contributed by atoms with Gasteiger partial charge in [0.2, 0.25) is 0 Å². The minimum absolute atomic E-state index is 0.586. The molecule has 6 heteroatoms. The van der Waals surface area contributed by atoms with Gasteiger partial charge in [-0.2, -0.15) is 5.10 Å². The quantitative estimate of drug-likeness (QED) is 0.642. The fourth-order valence-electron chi connectivity index (χ4n) is 1.17. The molecule has 2 N–H and O–H groups in total. The van der Waals surface area contributed by atoms with Crippen molar-refractivity contribution in [3.05, 3.63) is 23.8 Å². The Bertz CT molecular complexity index is 396. The van der Waals surface area contributed by atoms with Gasteiger partial charge in [0.05, 0.1) is 0 Å². The van der Waals surface area contributed by atoms with Gasteiger partial charge in [-0.1, -0.05) is 11.8 Å². The smallest absolute Gasteiger partial charge is 0.149 e. The molecule has 0 unspecified atom stereocenters. The largest absolute Gasteiger partial charge is 0.382 e. The molecule has 2 aromatic heterocycles. The minimum atomic E-state index is 0.586. The molecule has 0 bridgehead atoms. The van der Waals surface area contributed by atoms with Crippen LogP contribution in [0.4, 0.5) is 5.82 Å². The third-order valence-corrected chi connectivity index (χ3v) is 3.88. The zero-order valence-corrected chi connectivity index (χ0v) is 9.80. The van der Waals surface area contributed by atoms with Crippen LogP contribution < -0.4 is 5.73 Å². The summed E-state index contributed by atoms with van der Waals surface area (Å²) in [6.07, 6.45) is 4.82. The minimum Gasteiger partial charge on any atom is -0.382 e. The van der Waals surface area contributed by atoms with E-state index < -0.39 is 0 Å². The average Bonchev–Trinajstić information content (AvgIpc) is 2.84. The van der Waals surface area contributed by atoms with Crippen molar-refractivity contribution < 1.29 is 0 Å². The number of thiazole rings is 1. The zero-order chi connectivity index (χ0) is 10.5. The number of anilines is 1. The Kier molecular flexibility index (Phi) is 3.63. The summed E-state index contributed by atoms with van der Waals surface area (Å²) in [6.45, 7) is 0.912. The van der Waals surface area contributed by atoms with Crippen LogP contribution in [0.1, 0.15) is 6.42 Å². The van der Waals surface area contributed by atoms with Gasteiger partial charge in [0, 0.05) is 30.1 Å². The Morgan fingerprint density at radius 1 is 1.53 bits per heavy atom. The Balaban J connectivity index is 1.67. The maximum Gasteiger partial charge on any atom is 0.149 e. The lowest BCUT2D eigenvalue weighted by atomic mass is 10.5. The van der Waals surface area contributed by atoms with E-state index in [4.69, 9.17) is 5.73 Å². The van der Waals surface area contributed by atoms with Crippen molar-refractivity contribution in [3.63, 3.8) is 0 Å². The van der Waals surface area contributed by atoms with Crippen molar-refractivity contribution in [3.8, 4) is 0 Å². The second-order valence-corrected chi connectivity index (χ2v) is 5.24. The molecule has 4 nitrogen and oxygen atoms in total. The van der Waals surface area contributed by atoms with E-state index in [2.05, 4.69) is 10.1 Å². The van der Waals surface area contributed by atoms with Gasteiger partial charge >= 0.3 is 0 Å². The predicted octanol–water partition coefficient (Wildman–Crippen LogP) is 2.10. The molecule has 2 aromatic rings. The first-order valence-electron chi connectivity index (χ1n) is 4.66. The second-order valence-electron chi connectivity index (χ2n) is 3.00. The molecule has 0 aliphatic rings. The van der Waals surface area contributed by atoms with Crippen molar-refractivity contribution in [2.45, 2.75) is 17.3 Å². The normalized spacial score (nSPS) is 10.7. The number of nitrogens with two attached hydrogens (primary N) is 1. The highest BCUT2D eigenvalue weighted by Gasteiger charge is 1.97. The van der Waals surface area contributed by atoms with E-state index in [1.807, 2.05) is 28.5 Å². The lowest BCUT2D eigenvalue weighted by molar-refractivity contribution is 0.608. The van der Waals surface area contributed by atoms with E-state index in [1.54, 1.807) is 23.1 Å². The van der Waals surface area contributed by atoms with Crippen molar-refractivity contribution in [1.82, 2.24) is 14.8 Å². The summed E-state index contributed by atoms with van der Waals surface area (Å²) in [4.78, 5) is 4.20. The first kappa shape index (κ1) is 10.5. The molecule has 0 amide bonds. The molecule has 0 aromatic carbocycles. The van der Waals surface area contributed by atoms with Crippen LogP contribution in [-0.2, 0) is 6.54 Å². The van der Waals surface area contributed by atoms with Crippen LogP contribution in [0.25, 0.3) is 0 Å². The number of aryl methyl sites for hydroxylation is 1. The van der Waals surface area contributed by atoms with Crippen LogP contribution >= 0.6 is 23.1 Å². The molecule has 0 spiro atoms. The van der Waals surface area contributed by atoms with Crippen LogP contribution in [0.3, 0.4) is 0 Å². The van der Waals surface area contributed by atoms with Gasteiger partial charge in [-0.15, -0.1) is 11.3 Å². The fraction of sp³-hybridized carbons (Fsp3) is 0.333. The maximum atomic E-state index is 5.51. The van der Waals surface area contributed by atoms with E-state index in [0.29, 0.717) is 5.82 Å². The molecule has 0 atom stereocenters. The Labute approximate surface area is 96.5 Å². The van der Waals surface area contributed by atoms with Crippen molar-refractivity contribution in [2.75, 3.05) is 11.5 Å². The van der Waals surface area contributed by atoms with Gasteiger partial charge in [0.25, 0.3) is 0 Å². The monoisotopic (exact) mass is 240 g/mol. The van der Waals surface area contributed by atoms with Crippen molar-refractivity contribution in [1.29, 1.82) is 0 Å². The lowest BCUT2D eigenvalue weighted by Gasteiger charge is -1.99. The van der Waals surface area contributed by atoms with Crippen LogP contribution in [0.15, 0.2) is 28.2 Å². The first-order chi connectivity index (χ1) is 7.34. The number of thioether (sulfide) groups is 1. The van der Waals surface area contributed by atoms with Gasteiger partial charge in [0.1, 0.15) is 10.2 Å². The van der Waals surface area contributed by atoms with Gasteiger partial charge in [-0.3, -0.25) is 4.68 Å². The van der Waals surface area contributed by atoms with E-state index in [0.717, 1.165) is 23.1 Å². The Morgan fingerprint density at radius 3 is 3.13 bits per heavy atom. The summed E-state index contributed by atoms with van der Waals surface area (Å²) in [5.41, 5.74) is 5.51. The molecule has 0 aliphatic carbocycles. The summed E-state index contributed by atoms with van der Waals surface area (Å²) in [7, 11) is 0. The standard InChI is InChI=1S/C9H12N4S2/c10-8-2-5-13(12-8)4-1-6-14-9-11-3-7-15-9/h2-3,5,7H,1,4,6H2,(H2,10,12). The molecule has 0 saturated heterocycles. The van der Waals surface area contributed by atoms with E-state index >= 15 is 0 Å². The topological polar surface area (TPSA) is 56.7 Å². The lowest BCUT2D eigenvalue weighted by Crippen LogP contribution is -2.00. The summed E-state index contributed by atoms with van der Waals surface area (Å²) < 4.78 is 3.01. The highest BCUT2D eigenvalue weighted by Crippen LogP contribution is 2.20. The van der Waals surface area contributed by atoms with Gasteiger partial charge in [0.15, 0.2) is 0 Å². The third-order valence-electron chi connectivity index (χ3n) is 1.83. The molecule has 2 rings (SSSR count).